The van der Waals surface area contributed by atoms with Crippen LogP contribution in [0.1, 0.15) is 63.5 Å². The summed E-state index contributed by atoms with van der Waals surface area (Å²) in [5.41, 5.74) is 8.48. The number of amides is 3. The molecule has 7 rings (SSSR count). The average molecular weight is 647 g/mol. The van der Waals surface area contributed by atoms with Gasteiger partial charge in [-0.25, -0.2) is 14.5 Å². The number of carbonyl (C=O) groups excluding carboxylic acids is 2. The number of ether oxygens (including phenoxy) is 1. The Balaban J connectivity index is 0.000000934. The maximum Gasteiger partial charge on any atom is 0.324 e. The summed E-state index contributed by atoms with van der Waals surface area (Å²) in [6, 6.07) is 23.2. The van der Waals surface area contributed by atoms with Crippen molar-refractivity contribution in [1.82, 2.24) is 25.1 Å². The first-order valence-corrected chi connectivity index (χ1v) is 16.3. The van der Waals surface area contributed by atoms with Gasteiger partial charge < -0.3 is 21.1 Å². The summed E-state index contributed by atoms with van der Waals surface area (Å²) in [5, 5.41) is 15.3. The highest BCUT2D eigenvalue weighted by Crippen LogP contribution is 2.34. The average Bonchev–Trinajstić information content (AvgIpc) is 3.98. The van der Waals surface area contributed by atoms with Crippen LogP contribution in [-0.2, 0) is 16.6 Å². The van der Waals surface area contributed by atoms with Crippen LogP contribution in [0.4, 0.5) is 16.3 Å². The SMILES string of the molecule is Cc1ccc(-n2nc(C(C)(C)C)cc2NC(=O)Nc2ccc(Oc3ccnc(CC(=O)NC4CC4)n3)c3ccccc23)cc1.NC1CC1. The van der Waals surface area contributed by atoms with Crippen molar-refractivity contribution in [2.24, 2.45) is 5.73 Å². The lowest BCUT2D eigenvalue weighted by Gasteiger charge is -2.14. The Labute approximate surface area is 280 Å². The minimum atomic E-state index is -0.401. The molecule has 2 saturated carbocycles. The number of aryl methyl sites for hydroxylation is 1. The van der Waals surface area contributed by atoms with Crippen molar-refractivity contribution < 1.29 is 14.3 Å². The molecule has 11 nitrogen and oxygen atoms in total. The number of nitrogens with one attached hydrogen (secondary N) is 3. The van der Waals surface area contributed by atoms with Crippen molar-refractivity contribution in [3.63, 3.8) is 0 Å². The molecule has 2 heterocycles. The van der Waals surface area contributed by atoms with Gasteiger partial charge in [-0.05, 0) is 56.9 Å². The molecule has 3 aromatic carbocycles. The molecule has 5 N–H and O–H groups in total. The minimum Gasteiger partial charge on any atom is -0.438 e. The number of anilines is 2. The molecular weight excluding hydrogens is 604 g/mol. The Bertz CT molecular complexity index is 1920. The second-order valence-electron chi connectivity index (χ2n) is 13.4. The van der Waals surface area contributed by atoms with Gasteiger partial charge in [0.2, 0.25) is 11.8 Å². The standard InChI is InChI=1S/C34H35N7O3.C3H7N/c1-21-9-13-23(14-10-21)41-30(19-28(40-41)34(2,3)4)39-33(43)37-26-15-16-27(25-8-6-5-7-24(25)26)44-32-17-18-35-29(38-32)20-31(42)36-22-11-12-22;4-3-1-2-3/h5-10,13-19,22H,11-12,20H2,1-4H3,(H,36,42)(H2,37,39,43);3H,1-2,4H2. The number of urea groups is 1. The number of hydrogen-bond donors (Lipinski definition) is 4. The molecule has 2 aliphatic rings. The van der Waals surface area contributed by atoms with Gasteiger partial charge in [-0.1, -0.05) is 62.7 Å². The van der Waals surface area contributed by atoms with E-state index in [0.717, 1.165) is 40.6 Å². The van der Waals surface area contributed by atoms with Gasteiger partial charge in [0.15, 0.2) is 0 Å². The van der Waals surface area contributed by atoms with Crippen molar-refractivity contribution in [1.29, 1.82) is 0 Å². The Morgan fingerprint density at radius 2 is 1.65 bits per heavy atom. The third-order valence-electron chi connectivity index (χ3n) is 7.91. The lowest BCUT2D eigenvalue weighted by Crippen LogP contribution is -2.27. The molecule has 11 heteroatoms. The van der Waals surface area contributed by atoms with Crippen LogP contribution >= 0.6 is 0 Å². The maximum atomic E-state index is 13.4. The summed E-state index contributed by atoms with van der Waals surface area (Å²) in [5.74, 6) is 1.74. The number of carbonyl (C=O) groups is 2. The second kappa shape index (κ2) is 13.8. The van der Waals surface area contributed by atoms with Crippen molar-refractivity contribution in [2.75, 3.05) is 10.6 Å². The third kappa shape index (κ3) is 8.54. The van der Waals surface area contributed by atoms with Crippen molar-refractivity contribution >= 4 is 34.2 Å². The number of fused-ring (bicyclic) bond motifs is 1. The molecule has 0 unspecified atom stereocenters. The Kier molecular flexibility index (Phi) is 9.40. The molecule has 2 aromatic heterocycles. The molecule has 0 spiro atoms. The second-order valence-corrected chi connectivity index (χ2v) is 13.4. The molecule has 3 amide bonds. The zero-order valence-electron chi connectivity index (χ0n) is 27.8. The van der Waals surface area contributed by atoms with E-state index in [1.165, 1.54) is 12.8 Å². The van der Waals surface area contributed by atoms with E-state index in [0.29, 0.717) is 35.0 Å². The van der Waals surface area contributed by atoms with Crippen LogP contribution < -0.4 is 26.4 Å². The van der Waals surface area contributed by atoms with E-state index < -0.39 is 6.03 Å². The monoisotopic (exact) mass is 646 g/mol. The van der Waals surface area contributed by atoms with E-state index in [9.17, 15) is 9.59 Å². The van der Waals surface area contributed by atoms with Crippen LogP contribution in [0.2, 0.25) is 0 Å². The lowest BCUT2D eigenvalue weighted by molar-refractivity contribution is -0.120. The highest BCUT2D eigenvalue weighted by molar-refractivity contribution is 6.07. The van der Waals surface area contributed by atoms with Gasteiger partial charge >= 0.3 is 6.03 Å². The van der Waals surface area contributed by atoms with Gasteiger partial charge in [-0.15, -0.1) is 0 Å². The first-order valence-electron chi connectivity index (χ1n) is 16.3. The number of benzene rings is 3. The van der Waals surface area contributed by atoms with Gasteiger partial charge in [0.25, 0.3) is 0 Å². The van der Waals surface area contributed by atoms with E-state index in [1.54, 1.807) is 29.1 Å². The summed E-state index contributed by atoms with van der Waals surface area (Å²) in [6.07, 6.45) is 6.24. The molecule has 48 heavy (non-hydrogen) atoms. The van der Waals surface area contributed by atoms with Crippen LogP contribution in [0.3, 0.4) is 0 Å². The summed E-state index contributed by atoms with van der Waals surface area (Å²) in [6.45, 7) is 8.29. The Morgan fingerprint density at radius 1 is 0.938 bits per heavy atom. The smallest absolute Gasteiger partial charge is 0.324 e. The van der Waals surface area contributed by atoms with Crippen molar-refractivity contribution in [2.45, 2.75) is 77.3 Å². The molecule has 0 saturated heterocycles. The van der Waals surface area contributed by atoms with Crippen LogP contribution in [0, 0.1) is 6.92 Å². The number of nitrogens with two attached hydrogens (primary N) is 1. The summed E-state index contributed by atoms with van der Waals surface area (Å²) in [7, 11) is 0. The van der Waals surface area contributed by atoms with E-state index in [1.807, 2.05) is 61.5 Å². The molecular formula is C37H42N8O3. The number of nitrogens with zero attached hydrogens (tertiary/aromatic N) is 4. The topological polar surface area (TPSA) is 149 Å². The predicted molar refractivity (Wildman–Crippen MR) is 188 cm³/mol. The largest absolute Gasteiger partial charge is 0.438 e. The van der Waals surface area contributed by atoms with E-state index in [-0.39, 0.29) is 23.8 Å². The molecule has 0 atom stereocenters. The first kappa shape index (κ1) is 32.6. The maximum absolute atomic E-state index is 13.4. The van der Waals surface area contributed by atoms with Crippen LogP contribution in [0.25, 0.3) is 16.5 Å². The normalized spacial score (nSPS) is 14.1. The highest BCUT2D eigenvalue weighted by atomic mass is 16.5. The Hall–Kier alpha value is -5.29. The van der Waals surface area contributed by atoms with Crippen molar-refractivity contribution in [3.05, 3.63) is 96.1 Å². The molecule has 5 aromatic rings. The minimum absolute atomic E-state index is 0.0898. The Morgan fingerprint density at radius 3 is 2.31 bits per heavy atom. The number of aromatic nitrogens is 4. The summed E-state index contributed by atoms with van der Waals surface area (Å²) >= 11 is 0. The fraction of sp³-hybridized carbons (Fsp3) is 0.324. The zero-order chi connectivity index (χ0) is 33.8. The van der Waals surface area contributed by atoms with Gasteiger partial charge in [-0.3, -0.25) is 10.1 Å². The van der Waals surface area contributed by atoms with Crippen molar-refractivity contribution in [3.8, 4) is 17.3 Å². The van der Waals surface area contributed by atoms with Gasteiger partial charge in [0, 0.05) is 46.6 Å². The molecule has 2 aliphatic carbocycles. The van der Waals surface area contributed by atoms with E-state index >= 15 is 0 Å². The van der Waals surface area contributed by atoms with Gasteiger partial charge in [-0.2, -0.15) is 10.1 Å². The van der Waals surface area contributed by atoms with Crippen LogP contribution in [0.5, 0.6) is 11.6 Å². The molecule has 248 valence electrons. The quantitative estimate of drug-likeness (QED) is 0.145. The zero-order valence-corrected chi connectivity index (χ0v) is 27.8. The van der Waals surface area contributed by atoms with E-state index in [4.69, 9.17) is 15.6 Å². The van der Waals surface area contributed by atoms with Crippen LogP contribution in [0.15, 0.2) is 79.0 Å². The highest BCUT2D eigenvalue weighted by Gasteiger charge is 2.24. The first-order chi connectivity index (χ1) is 23.0. The van der Waals surface area contributed by atoms with E-state index in [2.05, 4.69) is 46.7 Å². The fourth-order valence-corrected chi connectivity index (χ4v) is 4.84. The molecule has 0 radical (unpaired) electrons. The predicted octanol–water partition coefficient (Wildman–Crippen LogP) is 6.79. The van der Waals surface area contributed by atoms with Gasteiger partial charge in [0.1, 0.15) is 17.4 Å². The molecule has 0 aliphatic heterocycles. The fourth-order valence-electron chi connectivity index (χ4n) is 4.84. The summed E-state index contributed by atoms with van der Waals surface area (Å²) in [4.78, 5) is 34.2. The van der Waals surface area contributed by atoms with Crippen LogP contribution in [-0.4, -0.2) is 43.8 Å². The molecule has 0 bridgehead atoms. The molecule has 2 fully saturated rings. The number of hydrogen-bond acceptors (Lipinski definition) is 7. The third-order valence-corrected chi connectivity index (χ3v) is 7.91. The van der Waals surface area contributed by atoms with Gasteiger partial charge in [0.05, 0.1) is 23.5 Å². The lowest BCUT2D eigenvalue weighted by atomic mass is 9.92. The number of rotatable bonds is 8. The summed E-state index contributed by atoms with van der Waals surface area (Å²) < 4.78 is 7.90.